The molecule has 5 rings (SSSR count). The van der Waals surface area contributed by atoms with Crippen molar-refractivity contribution in [2.24, 2.45) is 29.6 Å². The molecule has 0 unspecified atom stereocenters. The molecule has 5 saturated carbocycles. The molecule has 5 aliphatic carbocycles. The summed E-state index contributed by atoms with van der Waals surface area (Å²) in [4.78, 5) is 0. The molecule has 0 nitrogen and oxygen atoms in total. The Kier molecular flexibility index (Phi) is 45.4. The summed E-state index contributed by atoms with van der Waals surface area (Å²) in [5.41, 5.74) is 0. The summed E-state index contributed by atoms with van der Waals surface area (Å²) in [5, 5.41) is 0. The summed E-state index contributed by atoms with van der Waals surface area (Å²) in [5.74, 6) is 5.41. The van der Waals surface area contributed by atoms with Gasteiger partial charge in [-0.05, 0) is 29.6 Å². The summed E-state index contributed by atoms with van der Waals surface area (Å²) < 4.78 is 0. The van der Waals surface area contributed by atoms with Crippen molar-refractivity contribution in [3.63, 3.8) is 0 Å². The van der Waals surface area contributed by atoms with Gasteiger partial charge >= 0.3 is 0 Å². The normalized spacial score (nSPS) is 20.8. The van der Waals surface area contributed by atoms with Crippen LogP contribution in [0.15, 0.2) is 0 Å². The smallest absolute Gasteiger partial charge is 0.0417 e. The second-order valence-corrected chi connectivity index (χ2v) is 13.3. The first-order chi connectivity index (χ1) is 19.6. The molecule has 0 radical (unpaired) electrons. The van der Waals surface area contributed by atoms with E-state index in [9.17, 15) is 0 Å². The molecule has 0 aromatic heterocycles. The third-order valence-corrected chi connectivity index (χ3v) is 10.4. The molecular weight excluding hydrogens is 504 g/mol. The van der Waals surface area contributed by atoms with Gasteiger partial charge in [0, 0.05) is 0 Å². The fraction of sp³-hybridized carbons (Fsp3) is 1.00. The second kappa shape index (κ2) is 39.0. The molecule has 0 aliphatic heterocycles. The molecule has 0 saturated heterocycles. The first-order valence-electron chi connectivity index (χ1n) is 19.6. The zero-order valence-corrected chi connectivity index (χ0v) is 30.3. The lowest BCUT2D eigenvalue weighted by Crippen LogP contribution is -2.03. The Labute approximate surface area is 273 Å². The highest BCUT2D eigenvalue weighted by molar-refractivity contribution is 4.66. The van der Waals surface area contributed by atoms with Crippen LogP contribution in [0.5, 0.6) is 0 Å². The van der Waals surface area contributed by atoms with E-state index in [1.165, 1.54) is 167 Å². The van der Waals surface area contributed by atoms with E-state index >= 15 is 0 Å². The van der Waals surface area contributed by atoms with Crippen molar-refractivity contribution >= 4 is 0 Å². The zero-order valence-electron chi connectivity index (χ0n) is 30.3. The minimum atomic E-state index is 0. The van der Waals surface area contributed by atoms with Crippen LogP contribution in [0, 0.1) is 29.6 Å². The van der Waals surface area contributed by atoms with Gasteiger partial charge in [0.2, 0.25) is 0 Å². The first kappa shape index (κ1) is 48.9. The molecule has 5 fully saturated rings. The SMILES string of the molecule is C.C.CC.CC.CC1CCCC1.CCC1CCCC1.CCC1CCCC1.CCC1CCCCC1.CCC1CCCCC1. The highest BCUT2D eigenvalue weighted by Crippen LogP contribution is 2.28. The topological polar surface area (TPSA) is 0 Å². The second-order valence-electron chi connectivity index (χ2n) is 13.3. The Morgan fingerprint density at radius 3 is 0.595 bits per heavy atom. The Morgan fingerprint density at radius 2 is 0.476 bits per heavy atom. The van der Waals surface area contributed by atoms with E-state index in [2.05, 4.69) is 34.6 Å². The average molecular weight is 597 g/mol. The fourth-order valence-corrected chi connectivity index (χ4v) is 7.16. The van der Waals surface area contributed by atoms with E-state index in [4.69, 9.17) is 0 Å². The third kappa shape index (κ3) is 30.0. The van der Waals surface area contributed by atoms with Crippen molar-refractivity contribution in [3.8, 4) is 0 Å². The lowest BCUT2D eigenvalue weighted by molar-refractivity contribution is 0.349. The van der Waals surface area contributed by atoms with Crippen molar-refractivity contribution in [2.75, 3.05) is 0 Å². The van der Waals surface area contributed by atoms with Gasteiger partial charge < -0.3 is 0 Å². The van der Waals surface area contributed by atoms with E-state index in [0.29, 0.717) is 0 Å². The molecule has 0 N–H and O–H groups in total. The molecule has 0 aromatic rings. The Balaban J connectivity index is -0.000000207. The maximum absolute atomic E-state index is 2.34. The van der Waals surface area contributed by atoms with Gasteiger partial charge in [0.05, 0.1) is 0 Å². The van der Waals surface area contributed by atoms with Gasteiger partial charge in [0.15, 0.2) is 0 Å². The lowest BCUT2D eigenvalue weighted by Gasteiger charge is -2.18. The Hall–Kier alpha value is 0. The Morgan fingerprint density at radius 1 is 0.310 bits per heavy atom. The summed E-state index contributed by atoms with van der Waals surface area (Å²) in [6, 6.07) is 0. The number of rotatable bonds is 4. The molecular formula is C42H92. The predicted octanol–water partition coefficient (Wildman–Crippen LogP) is 16.6. The fourth-order valence-electron chi connectivity index (χ4n) is 7.16. The predicted molar refractivity (Wildman–Crippen MR) is 202 cm³/mol. The molecule has 0 atom stereocenters. The average Bonchev–Trinajstić information content (AvgIpc) is 3.86. The van der Waals surface area contributed by atoms with Gasteiger partial charge in [-0.2, -0.15) is 0 Å². The van der Waals surface area contributed by atoms with Crippen LogP contribution in [0.4, 0.5) is 0 Å². The highest BCUT2D eigenvalue weighted by atomic mass is 14.2. The van der Waals surface area contributed by atoms with Crippen molar-refractivity contribution < 1.29 is 0 Å². The van der Waals surface area contributed by atoms with Crippen LogP contribution in [0.25, 0.3) is 0 Å². The molecule has 0 aromatic carbocycles. The lowest BCUT2D eigenvalue weighted by atomic mass is 9.88. The quantitative estimate of drug-likeness (QED) is 0.303. The van der Waals surface area contributed by atoms with Gasteiger partial charge in [-0.25, -0.2) is 0 Å². The highest BCUT2D eigenvalue weighted by Gasteiger charge is 2.12. The van der Waals surface area contributed by atoms with Crippen LogP contribution in [-0.2, 0) is 0 Å². The maximum Gasteiger partial charge on any atom is -0.0417 e. The number of hydrogen-bond acceptors (Lipinski definition) is 0. The zero-order chi connectivity index (χ0) is 30.3. The van der Waals surface area contributed by atoms with Crippen molar-refractivity contribution in [3.05, 3.63) is 0 Å². The minimum absolute atomic E-state index is 0. The van der Waals surface area contributed by atoms with E-state index in [0.717, 1.165) is 29.6 Å². The summed E-state index contributed by atoms with van der Waals surface area (Å²) in [6.07, 6.45) is 38.7. The molecule has 0 spiro atoms. The van der Waals surface area contributed by atoms with Crippen LogP contribution >= 0.6 is 0 Å². The van der Waals surface area contributed by atoms with E-state index in [1.54, 1.807) is 0 Å². The largest absolute Gasteiger partial charge is 0.0776 e. The standard InChI is InChI=1S/2C8H16.2C7H14.C6H12.2C2H6.2CH4/c2*1-2-8-6-4-3-5-7-8;2*1-2-7-5-3-4-6-7;1-6-4-2-3-5-6;2*1-2;;/h2*8H,2-7H2,1H3;2*7H,2-6H2,1H3;6H,2-5H2,1H3;2*1-2H3;2*1H4. The van der Waals surface area contributed by atoms with Crippen LogP contribution in [0.1, 0.15) is 244 Å². The molecule has 5 aliphatic rings. The first-order valence-corrected chi connectivity index (χ1v) is 19.6. The van der Waals surface area contributed by atoms with Gasteiger partial charge in [0.25, 0.3) is 0 Å². The summed E-state index contributed by atoms with van der Waals surface area (Å²) >= 11 is 0. The molecule has 260 valence electrons. The summed E-state index contributed by atoms with van der Waals surface area (Å²) in [7, 11) is 0. The molecule has 0 bridgehead atoms. The third-order valence-electron chi connectivity index (χ3n) is 10.4. The van der Waals surface area contributed by atoms with Crippen molar-refractivity contribution in [1.82, 2.24) is 0 Å². The Bertz CT molecular complexity index is 375. The van der Waals surface area contributed by atoms with Gasteiger partial charge in [-0.3, -0.25) is 0 Å². The summed E-state index contributed by atoms with van der Waals surface area (Å²) in [6.45, 7) is 19.6. The van der Waals surface area contributed by atoms with E-state index in [1.807, 2.05) is 27.7 Å². The minimum Gasteiger partial charge on any atom is -0.0776 e. The van der Waals surface area contributed by atoms with Crippen LogP contribution in [0.2, 0.25) is 0 Å². The van der Waals surface area contributed by atoms with Gasteiger partial charge in [-0.1, -0.05) is 244 Å². The van der Waals surface area contributed by atoms with Crippen LogP contribution in [-0.4, -0.2) is 0 Å². The maximum atomic E-state index is 2.34. The molecule has 0 heterocycles. The van der Waals surface area contributed by atoms with Crippen molar-refractivity contribution in [2.45, 2.75) is 244 Å². The van der Waals surface area contributed by atoms with Gasteiger partial charge in [0.1, 0.15) is 0 Å². The van der Waals surface area contributed by atoms with Crippen molar-refractivity contribution in [1.29, 1.82) is 0 Å². The van der Waals surface area contributed by atoms with E-state index < -0.39 is 0 Å². The molecule has 42 heavy (non-hydrogen) atoms. The van der Waals surface area contributed by atoms with Crippen LogP contribution in [0.3, 0.4) is 0 Å². The monoisotopic (exact) mass is 597 g/mol. The number of hydrogen-bond donors (Lipinski definition) is 0. The molecule has 0 heteroatoms. The van der Waals surface area contributed by atoms with Crippen LogP contribution < -0.4 is 0 Å². The van der Waals surface area contributed by atoms with E-state index in [-0.39, 0.29) is 14.9 Å². The van der Waals surface area contributed by atoms with Gasteiger partial charge in [-0.15, -0.1) is 0 Å². The molecule has 0 amide bonds.